The van der Waals surface area contributed by atoms with E-state index in [0.717, 1.165) is 11.0 Å². The molecule has 1 aliphatic heterocycles. The van der Waals surface area contributed by atoms with E-state index in [9.17, 15) is 19.8 Å². The number of nitrogens with one attached hydrogen (secondary N) is 1. The molecule has 0 spiro atoms. The molecule has 3 rings (SSSR count). The molecule has 29 heavy (non-hydrogen) atoms. The summed E-state index contributed by atoms with van der Waals surface area (Å²) in [4.78, 5) is 26.0. The van der Waals surface area contributed by atoms with Gasteiger partial charge in [-0.1, -0.05) is 18.2 Å². The van der Waals surface area contributed by atoms with Crippen molar-refractivity contribution in [1.29, 1.82) is 0 Å². The molecule has 8 nitrogen and oxygen atoms in total. The highest BCUT2D eigenvalue weighted by Crippen LogP contribution is 2.26. The Kier molecular flexibility index (Phi) is 6.35. The number of thiocarbonyl (C=S) groups is 1. The maximum Gasteiger partial charge on any atom is 0.269 e. The standard InChI is InChI=1S/C20H18N2O6S/c23-11-17(25)16(24)10-15-18(26)21-20(29)22(19(15)27)12-6-8-14(9-7-12)28-13-4-2-1-3-5-13/h1-10,16-17,23-25H,11H2,(H,21,26,29)/b15-10+/t16-,17+/m0/s1. The molecule has 0 aliphatic carbocycles. The maximum atomic E-state index is 12.8. The number of carbonyl (C=O) groups excluding carboxylic acids is 2. The highest BCUT2D eigenvalue weighted by atomic mass is 32.1. The summed E-state index contributed by atoms with van der Waals surface area (Å²) >= 11 is 5.10. The largest absolute Gasteiger partial charge is 0.457 e. The lowest BCUT2D eigenvalue weighted by molar-refractivity contribution is -0.122. The molecule has 2 atom stereocenters. The number of amides is 2. The number of rotatable bonds is 6. The van der Waals surface area contributed by atoms with Gasteiger partial charge in [0.25, 0.3) is 11.8 Å². The minimum Gasteiger partial charge on any atom is -0.457 e. The number of ether oxygens (including phenoxy) is 1. The van der Waals surface area contributed by atoms with Crippen LogP contribution >= 0.6 is 12.2 Å². The summed E-state index contributed by atoms with van der Waals surface area (Å²) in [6.07, 6.45) is -2.24. The summed E-state index contributed by atoms with van der Waals surface area (Å²) in [6, 6.07) is 15.6. The summed E-state index contributed by atoms with van der Waals surface area (Å²) in [5.74, 6) is -0.375. The highest BCUT2D eigenvalue weighted by Gasteiger charge is 2.35. The van der Waals surface area contributed by atoms with Gasteiger partial charge >= 0.3 is 0 Å². The predicted octanol–water partition coefficient (Wildman–Crippen LogP) is 0.867. The van der Waals surface area contributed by atoms with Gasteiger partial charge < -0.3 is 20.1 Å². The summed E-state index contributed by atoms with van der Waals surface area (Å²) in [5.41, 5.74) is -0.0216. The molecule has 0 unspecified atom stereocenters. The van der Waals surface area contributed by atoms with E-state index in [0.29, 0.717) is 17.2 Å². The lowest BCUT2D eigenvalue weighted by Gasteiger charge is -2.29. The molecule has 0 aromatic heterocycles. The van der Waals surface area contributed by atoms with Crippen LogP contribution in [0.3, 0.4) is 0 Å². The van der Waals surface area contributed by atoms with Crippen molar-refractivity contribution < 1.29 is 29.6 Å². The van der Waals surface area contributed by atoms with Crippen LogP contribution in [0.15, 0.2) is 66.2 Å². The van der Waals surface area contributed by atoms with Gasteiger partial charge in [0.05, 0.1) is 12.3 Å². The number of nitrogens with zero attached hydrogens (tertiary/aromatic N) is 1. The van der Waals surface area contributed by atoms with E-state index in [-0.39, 0.29) is 5.11 Å². The smallest absolute Gasteiger partial charge is 0.269 e. The van der Waals surface area contributed by atoms with Crippen molar-refractivity contribution in [2.75, 3.05) is 11.5 Å². The zero-order valence-electron chi connectivity index (χ0n) is 15.1. The van der Waals surface area contributed by atoms with E-state index in [1.54, 1.807) is 36.4 Å². The Hall–Kier alpha value is -3.11. The molecule has 0 bridgehead atoms. The molecule has 0 saturated carbocycles. The molecule has 2 aromatic rings. The van der Waals surface area contributed by atoms with E-state index in [1.165, 1.54) is 0 Å². The minimum atomic E-state index is -1.60. The molecule has 1 heterocycles. The molecule has 150 valence electrons. The Labute approximate surface area is 171 Å². The van der Waals surface area contributed by atoms with Gasteiger partial charge in [0.1, 0.15) is 29.3 Å². The number of aliphatic hydroxyl groups excluding tert-OH is 3. The normalized spacial score (nSPS) is 17.8. The lowest BCUT2D eigenvalue weighted by atomic mass is 10.1. The Balaban J connectivity index is 1.83. The second-order valence-electron chi connectivity index (χ2n) is 6.13. The number of hydrogen-bond acceptors (Lipinski definition) is 7. The fourth-order valence-electron chi connectivity index (χ4n) is 2.59. The fraction of sp³-hybridized carbons (Fsp3) is 0.150. The summed E-state index contributed by atoms with van der Waals surface area (Å²) in [6.45, 7) is -0.730. The van der Waals surface area contributed by atoms with Gasteiger partial charge in [0.2, 0.25) is 0 Å². The van der Waals surface area contributed by atoms with Gasteiger partial charge in [-0.15, -0.1) is 0 Å². The van der Waals surface area contributed by atoms with Crippen molar-refractivity contribution in [2.24, 2.45) is 0 Å². The van der Waals surface area contributed by atoms with E-state index >= 15 is 0 Å². The van der Waals surface area contributed by atoms with Crippen LogP contribution in [0.1, 0.15) is 0 Å². The molecule has 1 fully saturated rings. The zero-order chi connectivity index (χ0) is 21.0. The second-order valence-corrected chi connectivity index (χ2v) is 6.52. The molecule has 2 aromatic carbocycles. The van der Waals surface area contributed by atoms with Gasteiger partial charge in [-0.05, 0) is 54.7 Å². The zero-order valence-corrected chi connectivity index (χ0v) is 15.9. The monoisotopic (exact) mass is 414 g/mol. The van der Waals surface area contributed by atoms with Crippen LogP contribution in [0.2, 0.25) is 0 Å². The first-order valence-corrected chi connectivity index (χ1v) is 9.03. The average Bonchev–Trinajstić information content (AvgIpc) is 2.72. The van der Waals surface area contributed by atoms with Gasteiger partial charge in [0, 0.05) is 0 Å². The third-order valence-corrected chi connectivity index (χ3v) is 4.38. The van der Waals surface area contributed by atoms with Crippen molar-refractivity contribution in [3.8, 4) is 11.5 Å². The van der Waals surface area contributed by atoms with Gasteiger partial charge in [-0.3, -0.25) is 19.8 Å². The van der Waals surface area contributed by atoms with E-state index in [1.807, 2.05) is 18.2 Å². The van der Waals surface area contributed by atoms with Gasteiger partial charge in [0.15, 0.2) is 5.11 Å². The lowest BCUT2D eigenvalue weighted by Crippen LogP contribution is -2.54. The second kappa shape index (κ2) is 8.93. The molecule has 1 saturated heterocycles. The van der Waals surface area contributed by atoms with Crippen molar-refractivity contribution in [3.63, 3.8) is 0 Å². The first-order chi connectivity index (χ1) is 13.9. The number of carbonyl (C=O) groups is 2. The minimum absolute atomic E-state index is 0.119. The van der Waals surface area contributed by atoms with Crippen LogP contribution in [0.25, 0.3) is 0 Å². The summed E-state index contributed by atoms with van der Waals surface area (Å²) < 4.78 is 5.70. The predicted molar refractivity (Wildman–Crippen MR) is 108 cm³/mol. The number of aliphatic hydroxyl groups is 3. The average molecular weight is 414 g/mol. The number of hydrogen-bond donors (Lipinski definition) is 4. The quantitative estimate of drug-likeness (QED) is 0.315. The molecular formula is C20H18N2O6S. The molecule has 4 N–H and O–H groups in total. The Bertz CT molecular complexity index is 945. The third-order valence-electron chi connectivity index (χ3n) is 4.09. The van der Waals surface area contributed by atoms with Crippen molar-refractivity contribution in [1.82, 2.24) is 5.32 Å². The van der Waals surface area contributed by atoms with Crippen molar-refractivity contribution in [3.05, 3.63) is 66.2 Å². The van der Waals surface area contributed by atoms with Crippen LogP contribution in [0, 0.1) is 0 Å². The maximum absolute atomic E-state index is 12.8. The molecule has 9 heteroatoms. The first-order valence-electron chi connectivity index (χ1n) is 8.62. The number of benzene rings is 2. The van der Waals surface area contributed by atoms with Crippen molar-refractivity contribution >= 4 is 34.8 Å². The number of anilines is 1. The SMILES string of the molecule is O=C1NC(=S)N(c2ccc(Oc3ccccc3)cc2)C(=O)/C1=C/[C@H](O)[C@H](O)CO. The van der Waals surface area contributed by atoms with Crippen LogP contribution in [0.5, 0.6) is 11.5 Å². The Morgan fingerprint density at radius 2 is 1.66 bits per heavy atom. The molecule has 2 amide bonds. The molecule has 0 radical (unpaired) electrons. The van der Waals surface area contributed by atoms with Gasteiger partial charge in [-0.2, -0.15) is 0 Å². The van der Waals surface area contributed by atoms with E-state index in [2.05, 4.69) is 5.32 Å². The molecular weight excluding hydrogens is 396 g/mol. The third kappa shape index (κ3) is 4.66. The topological polar surface area (TPSA) is 119 Å². The van der Waals surface area contributed by atoms with E-state index < -0.39 is 36.2 Å². The van der Waals surface area contributed by atoms with Crippen LogP contribution in [-0.2, 0) is 9.59 Å². The fourth-order valence-corrected chi connectivity index (χ4v) is 2.87. The highest BCUT2D eigenvalue weighted by molar-refractivity contribution is 7.80. The van der Waals surface area contributed by atoms with Crippen LogP contribution < -0.4 is 15.0 Å². The Morgan fingerprint density at radius 1 is 1.03 bits per heavy atom. The van der Waals surface area contributed by atoms with Crippen LogP contribution in [0.4, 0.5) is 5.69 Å². The molecule has 1 aliphatic rings. The Morgan fingerprint density at radius 3 is 2.28 bits per heavy atom. The van der Waals surface area contributed by atoms with E-state index in [4.69, 9.17) is 22.1 Å². The van der Waals surface area contributed by atoms with Crippen LogP contribution in [-0.4, -0.2) is 51.1 Å². The van der Waals surface area contributed by atoms with Crippen molar-refractivity contribution in [2.45, 2.75) is 12.2 Å². The summed E-state index contributed by atoms with van der Waals surface area (Å²) in [5, 5.41) is 30.4. The number of para-hydroxylation sites is 1. The first kappa shape index (κ1) is 20.6. The van der Waals surface area contributed by atoms with Gasteiger partial charge in [-0.25, -0.2) is 0 Å². The summed E-state index contributed by atoms with van der Waals surface area (Å²) in [7, 11) is 0.